The Labute approximate surface area is 164 Å². The Hall–Kier alpha value is -3.09. The van der Waals surface area contributed by atoms with E-state index in [1.807, 2.05) is 0 Å². The number of rotatable bonds is 7. The van der Waals surface area contributed by atoms with Gasteiger partial charge in [-0.3, -0.25) is 9.79 Å². The highest BCUT2D eigenvalue weighted by molar-refractivity contribution is 6.07. The van der Waals surface area contributed by atoms with Gasteiger partial charge in [-0.15, -0.1) is 0 Å². The molecule has 0 radical (unpaired) electrons. The largest absolute Gasteiger partial charge is 0.493 e. The minimum absolute atomic E-state index is 0.310. The third-order valence-corrected chi connectivity index (χ3v) is 4.59. The Kier molecular flexibility index (Phi) is 6.98. The minimum Gasteiger partial charge on any atom is -0.493 e. The monoisotopic (exact) mass is 387 g/mol. The summed E-state index contributed by atoms with van der Waals surface area (Å²) < 4.78 is 21.0. The highest BCUT2D eigenvalue weighted by atomic mass is 16.5. The normalized spacial score (nSPS) is 18.8. The van der Waals surface area contributed by atoms with Crippen molar-refractivity contribution in [2.75, 3.05) is 27.9 Å². The van der Waals surface area contributed by atoms with Gasteiger partial charge >= 0.3 is 11.9 Å². The number of aliphatic imine (C=N–C) groups is 1. The number of methoxy groups -OCH3 is 3. The molecule has 28 heavy (non-hydrogen) atoms. The van der Waals surface area contributed by atoms with Gasteiger partial charge in [-0.2, -0.15) is 0 Å². The number of esters is 2. The zero-order valence-electron chi connectivity index (χ0n) is 16.8. The molecule has 0 aliphatic carbocycles. The minimum atomic E-state index is -0.757. The fraction of sp³-hybridized carbons (Fsp3) is 0.381. The molecule has 1 unspecified atom stereocenters. The summed E-state index contributed by atoms with van der Waals surface area (Å²) >= 11 is 0. The van der Waals surface area contributed by atoms with Gasteiger partial charge in [0.1, 0.15) is 12.5 Å². The molecule has 0 amide bonds. The highest BCUT2D eigenvalue weighted by Gasteiger charge is 2.42. The molecule has 7 heteroatoms. The average Bonchev–Trinajstić information content (AvgIpc) is 2.70. The van der Waals surface area contributed by atoms with Crippen molar-refractivity contribution >= 4 is 17.7 Å². The fourth-order valence-electron chi connectivity index (χ4n) is 3.35. The Morgan fingerprint density at radius 2 is 1.86 bits per heavy atom. The molecule has 7 nitrogen and oxygen atoms in total. The second-order valence-electron chi connectivity index (χ2n) is 6.23. The van der Waals surface area contributed by atoms with E-state index >= 15 is 0 Å². The zero-order valence-corrected chi connectivity index (χ0v) is 16.8. The summed E-state index contributed by atoms with van der Waals surface area (Å²) in [6.07, 6.45) is 1.63. The van der Waals surface area contributed by atoms with Gasteiger partial charge in [0.25, 0.3) is 0 Å². The number of ether oxygens (including phenoxy) is 4. The van der Waals surface area contributed by atoms with E-state index in [1.54, 1.807) is 38.1 Å². The van der Waals surface area contributed by atoms with E-state index in [0.717, 1.165) is 0 Å². The first-order chi connectivity index (χ1) is 13.4. The molecule has 0 aromatic heterocycles. The topological polar surface area (TPSA) is 83.4 Å². The number of carbonyl (C=O) groups excluding carboxylic acids is 2. The van der Waals surface area contributed by atoms with Crippen LogP contribution in [0, 0.1) is 5.92 Å². The molecule has 1 aliphatic rings. The van der Waals surface area contributed by atoms with E-state index in [1.165, 1.54) is 21.3 Å². The van der Waals surface area contributed by atoms with E-state index < -0.39 is 23.8 Å². The maximum absolute atomic E-state index is 12.5. The van der Waals surface area contributed by atoms with Crippen molar-refractivity contribution in [1.82, 2.24) is 0 Å². The van der Waals surface area contributed by atoms with Crippen molar-refractivity contribution in [2.45, 2.75) is 19.8 Å². The molecule has 0 N–H and O–H groups in total. The van der Waals surface area contributed by atoms with Crippen LogP contribution in [0.15, 0.2) is 47.1 Å². The van der Waals surface area contributed by atoms with Crippen LogP contribution >= 0.6 is 0 Å². The molecular weight excluding hydrogens is 362 g/mol. The number of benzene rings is 1. The van der Waals surface area contributed by atoms with Crippen LogP contribution in [0.3, 0.4) is 0 Å². The summed E-state index contributed by atoms with van der Waals surface area (Å²) in [6.45, 7) is 7.41. The lowest BCUT2D eigenvalue weighted by Gasteiger charge is -2.31. The second-order valence-corrected chi connectivity index (χ2v) is 6.23. The van der Waals surface area contributed by atoms with E-state index in [-0.39, 0.29) is 0 Å². The Morgan fingerprint density at radius 3 is 2.43 bits per heavy atom. The summed E-state index contributed by atoms with van der Waals surface area (Å²) in [5.74, 6) is -1.40. The van der Waals surface area contributed by atoms with E-state index in [0.29, 0.717) is 40.7 Å². The molecule has 0 saturated carbocycles. The van der Waals surface area contributed by atoms with Crippen LogP contribution in [0.2, 0.25) is 0 Å². The summed E-state index contributed by atoms with van der Waals surface area (Å²) in [6, 6.07) is 5.27. The average molecular weight is 387 g/mol. The van der Waals surface area contributed by atoms with Crippen molar-refractivity contribution in [3.63, 3.8) is 0 Å². The molecule has 1 aromatic rings. The first kappa shape index (κ1) is 21.2. The summed E-state index contributed by atoms with van der Waals surface area (Å²) in [4.78, 5) is 29.4. The van der Waals surface area contributed by atoms with Gasteiger partial charge in [0.2, 0.25) is 0 Å². The molecular formula is C21H25NO6. The van der Waals surface area contributed by atoms with Crippen molar-refractivity contribution in [2.24, 2.45) is 10.9 Å². The summed E-state index contributed by atoms with van der Waals surface area (Å²) in [5, 5.41) is 0. The van der Waals surface area contributed by atoms with E-state index in [4.69, 9.17) is 18.9 Å². The molecule has 0 fully saturated rings. The third kappa shape index (κ3) is 4.08. The van der Waals surface area contributed by atoms with Crippen molar-refractivity contribution in [1.29, 1.82) is 0 Å². The third-order valence-electron chi connectivity index (χ3n) is 4.59. The molecule has 0 bridgehead atoms. The van der Waals surface area contributed by atoms with Crippen molar-refractivity contribution in [3.8, 4) is 11.5 Å². The maximum Gasteiger partial charge on any atom is 0.336 e. The lowest BCUT2D eigenvalue weighted by molar-refractivity contribution is -0.143. The molecule has 2 atom stereocenters. The Bertz CT molecular complexity index is 839. The highest BCUT2D eigenvalue weighted by Crippen LogP contribution is 2.42. The van der Waals surface area contributed by atoms with Crippen LogP contribution in [0.25, 0.3) is 0 Å². The van der Waals surface area contributed by atoms with Gasteiger partial charge in [-0.1, -0.05) is 18.7 Å². The van der Waals surface area contributed by atoms with Crippen molar-refractivity contribution < 1.29 is 28.5 Å². The smallest absolute Gasteiger partial charge is 0.336 e. The van der Waals surface area contributed by atoms with E-state index in [2.05, 4.69) is 11.6 Å². The maximum atomic E-state index is 12.5. The molecule has 0 spiro atoms. The van der Waals surface area contributed by atoms with Crippen LogP contribution in [0.1, 0.15) is 25.3 Å². The fourth-order valence-corrected chi connectivity index (χ4v) is 3.35. The lowest BCUT2D eigenvalue weighted by atomic mass is 9.75. The lowest BCUT2D eigenvalue weighted by Crippen LogP contribution is -2.36. The second kappa shape index (κ2) is 9.21. The van der Waals surface area contributed by atoms with Crippen LogP contribution in [-0.4, -0.2) is 45.6 Å². The van der Waals surface area contributed by atoms with Gasteiger partial charge in [0.15, 0.2) is 11.5 Å². The van der Waals surface area contributed by atoms with Gasteiger partial charge in [0.05, 0.1) is 26.9 Å². The number of carbonyl (C=O) groups is 2. The molecule has 1 heterocycles. The number of hydrogen-bond acceptors (Lipinski definition) is 7. The summed E-state index contributed by atoms with van der Waals surface area (Å²) in [5.41, 5.74) is 2.06. The molecule has 1 aromatic carbocycles. The standard InChI is InChI=1S/C21H25NO6/c1-7-10-28-15-9-8-14(11-16(15)25-4)19-17(20(23)26-5)12(2)22-13(3)18(19)21(24)27-6/h7-9,11,17,19H,1,10H2,2-6H3/t17?,19-/m0/s1. The predicted molar refractivity (Wildman–Crippen MR) is 105 cm³/mol. The number of allylic oxidation sites excluding steroid dienone is 1. The quantitative estimate of drug-likeness (QED) is 0.528. The van der Waals surface area contributed by atoms with Crippen molar-refractivity contribution in [3.05, 3.63) is 47.7 Å². The first-order valence-electron chi connectivity index (χ1n) is 8.73. The van der Waals surface area contributed by atoms with Gasteiger partial charge in [0, 0.05) is 17.3 Å². The molecule has 150 valence electrons. The van der Waals surface area contributed by atoms with Crippen LogP contribution in [0.4, 0.5) is 0 Å². The Morgan fingerprint density at radius 1 is 1.14 bits per heavy atom. The molecule has 2 rings (SSSR count). The molecule has 0 saturated heterocycles. The van der Waals surface area contributed by atoms with Crippen LogP contribution < -0.4 is 9.47 Å². The van der Waals surface area contributed by atoms with Gasteiger partial charge in [-0.05, 0) is 31.5 Å². The Balaban J connectivity index is 2.64. The van der Waals surface area contributed by atoms with Gasteiger partial charge < -0.3 is 18.9 Å². The zero-order chi connectivity index (χ0) is 20.8. The first-order valence-corrected chi connectivity index (χ1v) is 8.73. The van der Waals surface area contributed by atoms with E-state index in [9.17, 15) is 9.59 Å². The SMILES string of the molecule is C=CCOc1ccc([C@@H]2C(C(=O)OC)=C(C)N=C(C)C2C(=O)OC)cc1OC. The van der Waals surface area contributed by atoms with Crippen LogP contribution in [0.5, 0.6) is 11.5 Å². The molecule has 1 aliphatic heterocycles. The van der Waals surface area contributed by atoms with Gasteiger partial charge in [-0.25, -0.2) is 4.79 Å². The number of nitrogens with zero attached hydrogens (tertiary/aromatic N) is 1. The number of hydrogen-bond donors (Lipinski definition) is 0. The summed E-state index contributed by atoms with van der Waals surface area (Å²) in [7, 11) is 4.13. The van der Waals surface area contributed by atoms with Crippen LogP contribution in [-0.2, 0) is 19.1 Å². The predicted octanol–water partition coefficient (Wildman–Crippen LogP) is 3.05.